The molecule has 9 heteroatoms. The molecule has 0 saturated heterocycles. The standard InChI is InChI=1S/C22H19N5O2S2/c1-14-4-10-17(11-5-14)27-21(18-3-2-12-30-18)25-26-22(27)31-13-19(28)24-16-8-6-15(7-9-16)20(23)29/h2-12H,13H2,1H3,(H2,23,29)(H,24,28). The van der Waals surface area contributed by atoms with E-state index < -0.39 is 5.91 Å². The molecule has 4 aromatic rings. The van der Waals surface area contributed by atoms with E-state index >= 15 is 0 Å². The lowest BCUT2D eigenvalue weighted by Gasteiger charge is -2.10. The van der Waals surface area contributed by atoms with Crippen molar-refractivity contribution in [2.24, 2.45) is 5.73 Å². The Hall–Kier alpha value is -3.43. The minimum Gasteiger partial charge on any atom is -0.366 e. The molecule has 4 rings (SSSR count). The van der Waals surface area contributed by atoms with Crippen molar-refractivity contribution in [3.05, 3.63) is 77.2 Å². The van der Waals surface area contributed by atoms with Crippen LogP contribution in [0.3, 0.4) is 0 Å². The number of primary amides is 1. The number of carbonyl (C=O) groups excluding carboxylic acids is 2. The van der Waals surface area contributed by atoms with Crippen molar-refractivity contribution in [3.8, 4) is 16.4 Å². The summed E-state index contributed by atoms with van der Waals surface area (Å²) in [7, 11) is 0. The zero-order valence-electron chi connectivity index (χ0n) is 16.6. The van der Waals surface area contributed by atoms with E-state index in [9.17, 15) is 9.59 Å². The fourth-order valence-corrected chi connectivity index (χ4v) is 4.35. The van der Waals surface area contributed by atoms with Crippen LogP contribution >= 0.6 is 23.1 Å². The third-order valence-electron chi connectivity index (χ3n) is 4.45. The predicted octanol–water partition coefficient (Wildman–Crippen LogP) is 4.13. The molecule has 0 fully saturated rings. The molecule has 2 amide bonds. The molecule has 2 heterocycles. The molecular weight excluding hydrogens is 430 g/mol. The second-order valence-corrected chi connectivity index (χ2v) is 8.62. The van der Waals surface area contributed by atoms with Crippen molar-refractivity contribution < 1.29 is 9.59 Å². The van der Waals surface area contributed by atoms with E-state index in [0.717, 1.165) is 22.0 Å². The van der Waals surface area contributed by atoms with E-state index in [1.807, 2.05) is 53.3 Å². The highest BCUT2D eigenvalue weighted by atomic mass is 32.2. The van der Waals surface area contributed by atoms with Crippen molar-refractivity contribution >= 4 is 40.6 Å². The van der Waals surface area contributed by atoms with Gasteiger partial charge in [0.2, 0.25) is 11.8 Å². The van der Waals surface area contributed by atoms with Crippen molar-refractivity contribution in [1.29, 1.82) is 0 Å². The summed E-state index contributed by atoms with van der Waals surface area (Å²) in [5.74, 6) is 0.202. The van der Waals surface area contributed by atoms with E-state index in [1.54, 1.807) is 35.6 Å². The lowest BCUT2D eigenvalue weighted by atomic mass is 10.2. The number of thioether (sulfide) groups is 1. The van der Waals surface area contributed by atoms with Gasteiger partial charge in [-0.15, -0.1) is 21.5 Å². The predicted molar refractivity (Wildman–Crippen MR) is 124 cm³/mol. The van der Waals surface area contributed by atoms with Gasteiger partial charge in [0.05, 0.1) is 10.6 Å². The van der Waals surface area contributed by atoms with E-state index in [-0.39, 0.29) is 11.7 Å². The summed E-state index contributed by atoms with van der Waals surface area (Å²) in [5, 5.41) is 14.1. The van der Waals surface area contributed by atoms with Crippen LogP contribution in [0.25, 0.3) is 16.4 Å². The van der Waals surface area contributed by atoms with Crippen LogP contribution in [0.4, 0.5) is 5.69 Å². The highest BCUT2D eigenvalue weighted by Crippen LogP contribution is 2.30. The number of anilines is 1. The maximum atomic E-state index is 12.5. The molecule has 0 aliphatic carbocycles. The molecule has 0 spiro atoms. The number of rotatable bonds is 7. The molecule has 0 saturated carbocycles. The second-order valence-electron chi connectivity index (χ2n) is 6.73. The van der Waals surface area contributed by atoms with Gasteiger partial charge in [-0.1, -0.05) is 35.5 Å². The number of hydrogen-bond donors (Lipinski definition) is 2. The summed E-state index contributed by atoms with van der Waals surface area (Å²) in [4.78, 5) is 24.6. The molecule has 0 radical (unpaired) electrons. The molecule has 0 aliphatic rings. The van der Waals surface area contributed by atoms with E-state index in [1.165, 1.54) is 11.8 Å². The van der Waals surface area contributed by atoms with Gasteiger partial charge in [-0.2, -0.15) is 0 Å². The zero-order valence-corrected chi connectivity index (χ0v) is 18.2. The minimum atomic E-state index is -0.509. The van der Waals surface area contributed by atoms with Crippen LogP contribution in [0.5, 0.6) is 0 Å². The summed E-state index contributed by atoms with van der Waals surface area (Å²) in [5.41, 5.74) is 8.31. The molecule has 0 aliphatic heterocycles. The van der Waals surface area contributed by atoms with Crippen LogP contribution in [0.15, 0.2) is 71.2 Å². The summed E-state index contributed by atoms with van der Waals surface area (Å²) in [6.45, 7) is 2.03. The first kappa shape index (κ1) is 20.8. The van der Waals surface area contributed by atoms with Crippen LogP contribution in [-0.4, -0.2) is 32.3 Å². The molecule has 0 unspecified atom stereocenters. The smallest absolute Gasteiger partial charge is 0.248 e. The van der Waals surface area contributed by atoms with Gasteiger partial charge >= 0.3 is 0 Å². The lowest BCUT2D eigenvalue weighted by Crippen LogP contribution is -2.15. The Labute approximate surface area is 187 Å². The normalized spacial score (nSPS) is 10.7. The molecule has 156 valence electrons. The quantitative estimate of drug-likeness (QED) is 0.413. The van der Waals surface area contributed by atoms with Crippen molar-refractivity contribution in [3.63, 3.8) is 0 Å². The number of hydrogen-bond acceptors (Lipinski definition) is 6. The third kappa shape index (κ3) is 4.84. The van der Waals surface area contributed by atoms with Gasteiger partial charge in [-0.25, -0.2) is 0 Å². The number of amides is 2. The number of aromatic nitrogens is 3. The molecular formula is C22H19N5O2S2. The monoisotopic (exact) mass is 449 g/mol. The molecule has 0 atom stereocenters. The maximum Gasteiger partial charge on any atom is 0.248 e. The fraction of sp³-hybridized carbons (Fsp3) is 0.0909. The van der Waals surface area contributed by atoms with Crippen molar-refractivity contribution in [1.82, 2.24) is 14.8 Å². The van der Waals surface area contributed by atoms with Crippen LogP contribution < -0.4 is 11.1 Å². The van der Waals surface area contributed by atoms with Gasteiger partial charge in [-0.05, 0) is 54.8 Å². The third-order valence-corrected chi connectivity index (χ3v) is 6.25. The van der Waals surface area contributed by atoms with E-state index in [2.05, 4.69) is 15.5 Å². The number of nitrogens with two attached hydrogens (primary N) is 1. The van der Waals surface area contributed by atoms with Gasteiger partial charge in [0.15, 0.2) is 11.0 Å². The molecule has 3 N–H and O–H groups in total. The molecule has 7 nitrogen and oxygen atoms in total. The highest BCUT2D eigenvalue weighted by molar-refractivity contribution is 7.99. The van der Waals surface area contributed by atoms with E-state index in [4.69, 9.17) is 5.73 Å². The summed E-state index contributed by atoms with van der Waals surface area (Å²) < 4.78 is 1.96. The molecule has 0 bridgehead atoms. The number of aryl methyl sites for hydroxylation is 1. The summed E-state index contributed by atoms with van der Waals surface area (Å²) in [6.07, 6.45) is 0. The Balaban J connectivity index is 1.52. The van der Waals surface area contributed by atoms with Crippen LogP contribution in [0, 0.1) is 6.92 Å². The number of nitrogens with zero attached hydrogens (tertiary/aromatic N) is 3. The zero-order chi connectivity index (χ0) is 21.8. The van der Waals surface area contributed by atoms with Crippen LogP contribution in [0.2, 0.25) is 0 Å². The van der Waals surface area contributed by atoms with Gasteiger partial charge < -0.3 is 11.1 Å². The molecule has 2 aromatic carbocycles. The average molecular weight is 450 g/mol. The number of nitrogens with one attached hydrogen (secondary N) is 1. The van der Waals surface area contributed by atoms with Crippen LogP contribution in [-0.2, 0) is 4.79 Å². The number of benzene rings is 2. The second kappa shape index (κ2) is 9.15. The first-order valence-corrected chi connectivity index (χ1v) is 11.3. The Morgan fingerprint density at radius 3 is 2.45 bits per heavy atom. The largest absolute Gasteiger partial charge is 0.366 e. The minimum absolute atomic E-state index is 0.159. The Morgan fingerprint density at radius 2 is 1.81 bits per heavy atom. The van der Waals surface area contributed by atoms with Gasteiger partial charge in [0.25, 0.3) is 0 Å². The van der Waals surface area contributed by atoms with Crippen LogP contribution in [0.1, 0.15) is 15.9 Å². The van der Waals surface area contributed by atoms with Gasteiger partial charge in [-0.3, -0.25) is 14.2 Å². The molecule has 2 aromatic heterocycles. The van der Waals surface area contributed by atoms with Gasteiger partial charge in [0, 0.05) is 16.9 Å². The highest BCUT2D eigenvalue weighted by Gasteiger charge is 2.18. The SMILES string of the molecule is Cc1ccc(-n2c(SCC(=O)Nc3ccc(C(N)=O)cc3)nnc2-c2cccs2)cc1. The Morgan fingerprint density at radius 1 is 1.06 bits per heavy atom. The number of carbonyl (C=O) groups is 2. The Kier molecular flexibility index (Phi) is 6.15. The van der Waals surface area contributed by atoms with Crippen molar-refractivity contribution in [2.45, 2.75) is 12.1 Å². The van der Waals surface area contributed by atoms with Crippen molar-refractivity contribution in [2.75, 3.05) is 11.1 Å². The average Bonchev–Trinajstić information content (AvgIpc) is 3.43. The van der Waals surface area contributed by atoms with Gasteiger partial charge in [0.1, 0.15) is 0 Å². The number of thiophene rings is 1. The molecule has 31 heavy (non-hydrogen) atoms. The lowest BCUT2D eigenvalue weighted by molar-refractivity contribution is -0.113. The Bertz CT molecular complexity index is 1200. The first-order valence-electron chi connectivity index (χ1n) is 9.40. The first-order chi connectivity index (χ1) is 15.0. The summed E-state index contributed by atoms with van der Waals surface area (Å²) >= 11 is 2.89. The van der Waals surface area contributed by atoms with E-state index in [0.29, 0.717) is 16.4 Å². The fourth-order valence-electron chi connectivity index (χ4n) is 2.90. The topological polar surface area (TPSA) is 103 Å². The summed E-state index contributed by atoms with van der Waals surface area (Å²) in [6, 6.07) is 18.5. The maximum absolute atomic E-state index is 12.5.